The van der Waals surface area contributed by atoms with Gasteiger partial charge in [-0.05, 0) is 12.8 Å². The van der Waals surface area contributed by atoms with Crippen molar-refractivity contribution in [3.63, 3.8) is 0 Å². The lowest BCUT2D eigenvalue weighted by Gasteiger charge is -2.11. The van der Waals surface area contributed by atoms with Gasteiger partial charge in [0.2, 0.25) is 0 Å². The Morgan fingerprint density at radius 3 is 1.89 bits per heavy atom. The number of benzene rings is 1. The van der Waals surface area contributed by atoms with Crippen LogP contribution in [0.15, 0.2) is 0 Å². The second kappa shape index (κ2) is 5.37. The standard InChI is InChI=1S/C12H13F4NO/c1-5(2)4-17-12(18)7-10(15)8(13)6(3)9(14)11(7)16/h5H,4H2,1-3H3,(H,17,18). The van der Waals surface area contributed by atoms with Crippen molar-refractivity contribution in [2.24, 2.45) is 5.92 Å². The van der Waals surface area contributed by atoms with Crippen molar-refractivity contribution in [1.82, 2.24) is 5.32 Å². The summed E-state index contributed by atoms with van der Waals surface area (Å²) < 4.78 is 53.3. The molecule has 0 unspecified atom stereocenters. The minimum absolute atomic E-state index is 0.0419. The molecule has 6 heteroatoms. The minimum atomic E-state index is -1.67. The van der Waals surface area contributed by atoms with E-state index in [9.17, 15) is 22.4 Å². The van der Waals surface area contributed by atoms with Crippen molar-refractivity contribution >= 4 is 5.91 Å². The molecule has 0 aliphatic carbocycles. The molecule has 0 saturated carbocycles. The Morgan fingerprint density at radius 2 is 1.50 bits per heavy atom. The highest BCUT2D eigenvalue weighted by Crippen LogP contribution is 2.23. The zero-order valence-corrected chi connectivity index (χ0v) is 10.2. The molecule has 0 saturated heterocycles. The summed E-state index contributed by atoms with van der Waals surface area (Å²) in [6.45, 7) is 4.58. The van der Waals surface area contributed by atoms with Crippen molar-refractivity contribution in [3.8, 4) is 0 Å². The molecule has 0 spiro atoms. The normalized spacial score (nSPS) is 10.9. The second-order valence-electron chi connectivity index (χ2n) is 4.36. The van der Waals surface area contributed by atoms with Gasteiger partial charge in [-0.2, -0.15) is 0 Å². The second-order valence-corrected chi connectivity index (χ2v) is 4.36. The number of nitrogens with one attached hydrogen (secondary N) is 1. The van der Waals surface area contributed by atoms with Gasteiger partial charge in [-0.25, -0.2) is 17.6 Å². The highest BCUT2D eigenvalue weighted by molar-refractivity contribution is 5.94. The Hall–Kier alpha value is -1.59. The molecule has 0 radical (unpaired) electrons. The number of rotatable bonds is 3. The Bertz CT molecular complexity index is 456. The molecule has 18 heavy (non-hydrogen) atoms. The summed E-state index contributed by atoms with van der Waals surface area (Å²) in [5.74, 6) is -7.58. The molecule has 0 aliphatic heterocycles. The third-order valence-electron chi connectivity index (χ3n) is 2.38. The van der Waals surface area contributed by atoms with E-state index in [2.05, 4.69) is 5.32 Å². The van der Waals surface area contributed by atoms with Crippen LogP contribution in [0.25, 0.3) is 0 Å². The van der Waals surface area contributed by atoms with E-state index in [4.69, 9.17) is 0 Å². The molecule has 100 valence electrons. The molecule has 1 aromatic carbocycles. The van der Waals surface area contributed by atoms with E-state index in [1.165, 1.54) is 0 Å². The van der Waals surface area contributed by atoms with E-state index in [1.807, 2.05) is 0 Å². The summed E-state index contributed by atoms with van der Waals surface area (Å²) in [4.78, 5) is 11.5. The summed E-state index contributed by atoms with van der Waals surface area (Å²) in [5, 5.41) is 2.20. The largest absolute Gasteiger partial charge is 0.352 e. The first-order valence-corrected chi connectivity index (χ1v) is 5.38. The number of hydrogen-bond donors (Lipinski definition) is 1. The lowest BCUT2D eigenvalue weighted by Crippen LogP contribution is -2.30. The first-order chi connectivity index (χ1) is 8.27. The van der Waals surface area contributed by atoms with Crippen LogP contribution in [-0.2, 0) is 0 Å². The Morgan fingerprint density at radius 1 is 1.06 bits per heavy atom. The van der Waals surface area contributed by atoms with Crippen LogP contribution in [0.5, 0.6) is 0 Å². The zero-order valence-electron chi connectivity index (χ0n) is 10.2. The fourth-order valence-corrected chi connectivity index (χ4v) is 1.33. The van der Waals surface area contributed by atoms with Gasteiger partial charge in [0.05, 0.1) is 0 Å². The molecule has 1 amide bonds. The van der Waals surface area contributed by atoms with Crippen LogP contribution >= 0.6 is 0 Å². The van der Waals surface area contributed by atoms with E-state index in [0.717, 1.165) is 6.92 Å². The van der Waals surface area contributed by atoms with Crippen LogP contribution in [-0.4, -0.2) is 12.5 Å². The molecule has 1 N–H and O–H groups in total. The lowest BCUT2D eigenvalue weighted by atomic mass is 10.1. The third kappa shape index (κ3) is 2.63. The van der Waals surface area contributed by atoms with Crippen LogP contribution < -0.4 is 5.32 Å². The molecule has 0 aliphatic rings. The van der Waals surface area contributed by atoms with Crippen molar-refractivity contribution in [3.05, 3.63) is 34.4 Å². The predicted octanol–water partition coefficient (Wildman–Crippen LogP) is 2.94. The minimum Gasteiger partial charge on any atom is -0.352 e. The van der Waals surface area contributed by atoms with E-state index in [-0.39, 0.29) is 12.5 Å². The first kappa shape index (κ1) is 14.5. The smallest absolute Gasteiger partial charge is 0.257 e. The molecular formula is C12H13F4NO. The van der Waals surface area contributed by atoms with Gasteiger partial charge in [0.25, 0.3) is 5.91 Å². The van der Waals surface area contributed by atoms with Gasteiger partial charge >= 0.3 is 0 Å². The van der Waals surface area contributed by atoms with Crippen molar-refractivity contribution in [1.29, 1.82) is 0 Å². The van der Waals surface area contributed by atoms with Gasteiger partial charge in [0.15, 0.2) is 23.3 Å². The Kier molecular flexibility index (Phi) is 4.32. The summed E-state index contributed by atoms with van der Waals surface area (Å²) >= 11 is 0. The fraction of sp³-hybridized carbons (Fsp3) is 0.417. The summed E-state index contributed by atoms with van der Waals surface area (Å²) in [6.07, 6.45) is 0. The molecule has 1 aromatic rings. The number of hydrogen-bond acceptors (Lipinski definition) is 1. The quantitative estimate of drug-likeness (QED) is 0.659. The monoisotopic (exact) mass is 263 g/mol. The fourth-order valence-electron chi connectivity index (χ4n) is 1.33. The number of amides is 1. The van der Waals surface area contributed by atoms with Crippen LogP contribution in [0.3, 0.4) is 0 Å². The Labute approximate surface area is 102 Å². The number of carbonyl (C=O) groups excluding carboxylic acids is 1. The van der Waals surface area contributed by atoms with Crippen molar-refractivity contribution in [2.75, 3.05) is 6.54 Å². The van der Waals surface area contributed by atoms with Crippen LogP contribution in [0.2, 0.25) is 0 Å². The maximum Gasteiger partial charge on any atom is 0.257 e. The number of halogens is 4. The summed E-state index contributed by atoms with van der Waals surface area (Å²) in [5.41, 5.74) is -2.01. The van der Waals surface area contributed by atoms with E-state index in [0.29, 0.717) is 0 Å². The summed E-state index contributed by atoms with van der Waals surface area (Å²) in [7, 11) is 0. The third-order valence-corrected chi connectivity index (χ3v) is 2.38. The van der Waals surface area contributed by atoms with Gasteiger partial charge in [-0.1, -0.05) is 13.8 Å². The maximum absolute atomic E-state index is 13.4. The van der Waals surface area contributed by atoms with Gasteiger partial charge in [0, 0.05) is 12.1 Å². The highest BCUT2D eigenvalue weighted by Gasteiger charge is 2.27. The number of carbonyl (C=O) groups is 1. The van der Waals surface area contributed by atoms with E-state index < -0.39 is 40.3 Å². The van der Waals surface area contributed by atoms with Crippen LogP contribution in [0.4, 0.5) is 17.6 Å². The molecule has 1 rings (SSSR count). The predicted molar refractivity (Wildman–Crippen MR) is 58.2 cm³/mol. The molecule has 2 nitrogen and oxygen atoms in total. The molecule has 0 atom stereocenters. The van der Waals surface area contributed by atoms with Crippen LogP contribution in [0, 0.1) is 36.1 Å². The molecule has 0 aromatic heterocycles. The van der Waals surface area contributed by atoms with Crippen molar-refractivity contribution in [2.45, 2.75) is 20.8 Å². The first-order valence-electron chi connectivity index (χ1n) is 5.38. The lowest BCUT2D eigenvalue weighted by molar-refractivity contribution is 0.0938. The maximum atomic E-state index is 13.4. The van der Waals surface area contributed by atoms with Gasteiger partial charge in [-0.15, -0.1) is 0 Å². The van der Waals surface area contributed by atoms with E-state index in [1.54, 1.807) is 13.8 Å². The summed E-state index contributed by atoms with van der Waals surface area (Å²) in [6, 6.07) is 0. The molecule has 0 heterocycles. The van der Waals surface area contributed by atoms with Gasteiger partial charge in [-0.3, -0.25) is 4.79 Å². The SMILES string of the molecule is Cc1c(F)c(F)c(C(=O)NCC(C)C)c(F)c1F. The average molecular weight is 263 g/mol. The van der Waals surface area contributed by atoms with Gasteiger partial charge in [0.1, 0.15) is 5.56 Å². The molecule has 0 fully saturated rings. The van der Waals surface area contributed by atoms with Crippen molar-refractivity contribution < 1.29 is 22.4 Å². The topological polar surface area (TPSA) is 29.1 Å². The zero-order chi connectivity index (χ0) is 14.0. The van der Waals surface area contributed by atoms with Gasteiger partial charge < -0.3 is 5.32 Å². The molecular weight excluding hydrogens is 250 g/mol. The molecule has 0 bridgehead atoms. The average Bonchev–Trinajstić information content (AvgIpc) is 2.31. The van der Waals surface area contributed by atoms with E-state index >= 15 is 0 Å². The highest BCUT2D eigenvalue weighted by atomic mass is 19.2. The Balaban J connectivity index is 3.21. The van der Waals surface area contributed by atoms with Crippen LogP contribution in [0.1, 0.15) is 29.8 Å².